The van der Waals surface area contributed by atoms with Crippen LogP contribution in [0.1, 0.15) is 25.5 Å². The van der Waals surface area contributed by atoms with E-state index in [1.807, 2.05) is 30.9 Å². The molecule has 94 valence electrons. The van der Waals surface area contributed by atoms with Crippen molar-refractivity contribution in [3.05, 3.63) is 29.6 Å². The summed E-state index contributed by atoms with van der Waals surface area (Å²) >= 11 is 0. The Morgan fingerprint density at radius 3 is 2.88 bits per heavy atom. The van der Waals surface area contributed by atoms with Gasteiger partial charge in [-0.15, -0.1) is 0 Å². The van der Waals surface area contributed by atoms with Gasteiger partial charge >= 0.3 is 0 Å². The number of hydrogen-bond acceptors (Lipinski definition) is 3. The first-order valence-corrected chi connectivity index (χ1v) is 5.99. The van der Waals surface area contributed by atoms with Gasteiger partial charge in [-0.05, 0) is 31.5 Å². The summed E-state index contributed by atoms with van der Waals surface area (Å²) in [5.74, 6) is -0.200. The SMILES string of the molecule is CC1CN(c2ccc([C@@H](C)N)cc2F)CCO1. The van der Waals surface area contributed by atoms with Crippen LogP contribution in [0.15, 0.2) is 18.2 Å². The van der Waals surface area contributed by atoms with Gasteiger partial charge in [0.1, 0.15) is 5.82 Å². The number of halogens is 1. The van der Waals surface area contributed by atoms with Gasteiger partial charge in [-0.2, -0.15) is 0 Å². The Morgan fingerprint density at radius 2 is 2.29 bits per heavy atom. The first kappa shape index (κ1) is 12.3. The van der Waals surface area contributed by atoms with E-state index < -0.39 is 0 Å². The number of anilines is 1. The second-order valence-corrected chi connectivity index (χ2v) is 4.63. The van der Waals surface area contributed by atoms with Crippen molar-refractivity contribution in [2.75, 3.05) is 24.6 Å². The highest BCUT2D eigenvalue weighted by atomic mass is 19.1. The summed E-state index contributed by atoms with van der Waals surface area (Å²) in [6.07, 6.45) is 0.149. The fraction of sp³-hybridized carbons (Fsp3) is 0.538. The maximum Gasteiger partial charge on any atom is 0.146 e. The number of nitrogens with zero attached hydrogens (tertiary/aromatic N) is 1. The molecule has 2 atom stereocenters. The lowest BCUT2D eigenvalue weighted by atomic mass is 10.1. The van der Waals surface area contributed by atoms with Crippen LogP contribution in [0.5, 0.6) is 0 Å². The fourth-order valence-electron chi connectivity index (χ4n) is 2.10. The molecule has 3 nitrogen and oxygen atoms in total. The van der Waals surface area contributed by atoms with Crippen LogP contribution in [0.25, 0.3) is 0 Å². The normalized spacial score (nSPS) is 22.6. The summed E-state index contributed by atoms with van der Waals surface area (Å²) in [5.41, 5.74) is 7.20. The summed E-state index contributed by atoms with van der Waals surface area (Å²) in [6.45, 7) is 5.97. The highest BCUT2D eigenvalue weighted by Crippen LogP contribution is 2.24. The van der Waals surface area contributed by atoms with E-state index in [1.165, 1.54) is 6.07 Å². The lowest BCUT2D eigenvalue weighted by Gasteiger charge is -2.33. The van der Waals surface area contributed by atoms with Gasteiger partial charge in [0.2, 0.25) is 0 Å². The van der Waals surface area contributed by atoms with Crippen molar-refractivity contribution in [1.29, 1.82) is 0 Å². The maximum absolute atomic E-state index is 14.0. The zero-order valence-corrected chi connectivity index (χ0v) is 10.3. The third kappa shape index (κ3) is 2.76. The third-order valence-corrected chi connectivity index (χ3v) is 3.08. The van der Waals surface area contributed by atoms with Gasteiger partial charge in [0, 0.05) is 19.1 Å². The Morgan fingerprint density at radius 1 is 1.53 bits per heavy atom. The summed E-state index contributed by atoms with van der Waals surface area (Å²) < 4.78 is 19.4. The molecular formula is C13H19FN2O. The topological polar surface area (TPSA) is 38.5 Å². The molecule has 1 aliphatic rings. The molecule has 1 unspecified atom stereocenters. The molecule has 1 fully saturated rings. The number of nitrogens with two attached hydrogens (primary N) is 1. The number of morpholine rings is 1. The van der Waals surface area contributed by atoms with E-state index >= 15 is 0 Å². The van der Waals surface area contributed by atoms with Gasteiger partial charge in [0.05, 0.1) is 18.4 Å². The van der Waals surface area contributed by atoms with E-state index in [0.717, 1.165) is 18.7 Å². The largest absolute Gasteiger partial charge is 0.375 e. The van der Waals surface area contributed by atoms with E-state index in [2.05, 4.69) is 0 Å². The molecular weight excluding hydrogens is 219 g/mol. The molecule has 2 N–H and O–H groups in total. The summed E-state index contributed by atoms with van der Waals surface area (Å²) in [4.78, 5) is 2.02. The van der Waals surface area contributed by atoms with Crippen molar-refractivity contribution in [1.82, 2.24) is 0 Å². The predicted molar refractivity (Wildman–Crippen MR) is 66.6 cm³/mol. The van der Waals surface area contributed by atoms with Crippen molar-refractivity contribution in [3.63, 3.8) is 0 Å². The van der Waals surface area contributed by atoms with Crippen molar-refractivity contribution in [2.45, 2.75) is 26.0 Å². The minimum absolute atomic E-state index is 0.137. The molecule has 1 aromatic carbocycles. The van der Waals surface area contributed by atoms with E-state index in [4.69, 9.17) is 10.5 Å². The summed E-state index contributed by atoms with van der Waals surface area (Å²) in [7, 11) is 0. The van der Waals surface area contributed by atoms with Crippen LogP contribution in [-0.4, -0.2) is 25.8 Å². The van der Waals surface area contributed by atoms with Gasteiger partial charge in [0.25, 0.3) is 0 Å². The van der Waals surface area contributed by atoms with E-state index in [1.54, 1.807) is 0 Å². The highest BCUT2D eigenvalue weighted by Gasteiger charge is 2.19. The predicted octanol–water partition coefficient (Wildman–Crippen LogP) is 2.07. The van der Waals surface area contributed by atoms with Gasteiger partial charge in [-0.3, -0.25) is 0 Å². The van der Waals surface area contributed by atoms with Gasteiger partial charge < -0.3 is 15.4 Å². The van der Waals surface area contributed by atoms with Crippen molar-refractivity contribution < 1.29 is 9.13 Å². The van der Waals surface area contributed by atoms with Crippen LogP contribution in [0.2, 0.25) is 0 Å². The van der Waals surface area contributed by atoms with Crippen molar-refractivity contribution in [3.8, 4) is 0 Å². The molecule has 0 radical (unpaired) electrons. The Labute approximate surface area is 101 Å². The Balaban J connectivity index is 2.21. The van der Waals surface area contributed by atoms with Crippen LogP contribution in [0.4, 0.5) is 10.1 Å². The molecule has 1 heterocycles. The molecule has 1 aliphatic heterocycles. The maximum atomic E-state index is 14.0. The summed E-state index contributed by atoms with van der Waals surface area (Å²) in [6, 6.07) is 5.09. The molecule has 0 bridgehead atoms. The number of benzene rings is 1. The Hall–Kier alpha value is -1.13. The standard InChI is InChI=1S/C13H19FN2O/c1-9-8-16(5-6-17-9)13-4-3-11(10(2)15)7-12(13)14/h3-4,7,9-10H,5-6,8,15H2,1-2H3/t9?,10-/m1/s1. The molecule has 17 heavy (non-hydrogen) atoms. The third-order valence-electron chi connectivity index (χ3n) is 3.08. The minimum atomic E-state index is -0.200. The van der Waals surface area contributed by atoms with Crippen LogP contribution in [0, 0.1) is 5.82 Å². The molecule has 0 amide bonds. The smallest absolute Gasteiger partial charge is 0.146 e. The van der Waals surface area contributed by atoms with Gasteiger partial charge in [0.15, 0.2) is 0 Å². The molecule has 1 saturated heterocycles. The number of ether oxygens (including phenoxy) is 1. The molecule has 1 aromatic rings. The average molecular weight is 238 g/mol. The Kier molecular flexibility index (Phi) is 3.64. The van der Waals surface area contributed by atoms with Crippen molar-refractivity contribution >= 4 is 5.69 Å². The second-order valence-electron chi connectivity index (χ2n) is 4.63. The quantitative estimate of drug-likeness (QED) is 0.857. The van der Waals surface area contributed by atoms with Crippen LogP contribution in [0.3, 0.4) is 0 Å². The first-order chi connectivity index (χ1) is 8.08. The molecule has 0 aromatic heterocycles. The molecule has 0 spiro atoms. The van der Waals surface area contributed by atoms with Crippen molar-refractivity contribution in [2.24, 2.45) is 5.73 Å². The van der Waals surface area contributed by atoms with Crippen LogP contribution >= 0.6 is 0 Å². The lowest BCUT2D eigenvalue weighted by molar-refractivity contribution is 0.0530. The fourth-order valence-corrected chi connectivity index (χ4v) is 2.10. The monoisotopic (exact) mass is 238 g/mol. The first-order valence-electron chi connectivity index (χ1n) is 5.99. The summed E-state index contributed by atoms with van der Waals surface area (Å²) in [5, 5.41) is 0. The molecule has 2 rings (SSSR count). The zero-order chi connectivity index (χ0) is 12.4. The van der Waals surface area contributed by atoms with Crippen LogP contribution in [-0.2, 0) is 4.74 Å². The number of hydrogen-bond donors (Lipinski definition) is 1. The second kappa shape index (κ2) is 5.02. The molecule has 0 aliphatic carbocycles. The highest BCUT2D eigenvalue weighted by molar-refractivity contribution is 5.50. The molecule has 0 saturated carbocycles. The van der Waals surface area contributed by atoms with Crippen LogP contribution < -0.4 is 10.6 Å². The van der Waals surface area contributed by atoms with E-state index in [0.29, 0.717) is 12.3 Å². The van der Waals surface area contributed by atoms with E-state index in [9.17, 15) is 4.39 Å². The lowest BCUT2D eigenvalue weighted by Crippen LogP contribution is -2.41. The number of rotatable bonds is 2. The molecule has 4 heteroatoms. The zero-order valence-electron chi connectivity index (χ0n) is 10.3. The van der Waals surface area contributed by atoms with E-state index in [-0.39, 0.29) is 18.0 Å². The Bertz CT molecular complexity index is 395. The average Bonchev–Trinajstić information content (AvgIpc) is 2.28. The van der Waals surface area contributed by atoms with Gasteiger partial charge in [-0.25, -0.2) is 4.39 Å². The van der Waals surface area contributed by atoms with Gasteiger partial charge in [-0.1, -0.05) is 6.07 Å². The minimum Gasteiger partial charge on any atom is -0.375 e.